The number of carboxylic acids is 1. The van der Waals surface area contributed by atoms with E-state index in [1.54, 1.807) is 25.7 Å². The molecule has 0 spiro atoms. The highest BCUT2D eigenvalue weighted by Crippen LogP contribution is 2.09. The van der Waals surface area contributed by atoms with Crippen molar-refractivity contribution in [1.29, 1.82) is 0 Å². The summed E-state index contributed by atoms with van der Waals surface area (Å²) in [6.07, 6.45) is 1.10. The van der Waals surface area contributed by atoms with Gasteiger partial charge < -0.3 is 10.0 Å². The summed E-state index contributed by atoms with van der Waals surface area (Å²) in [5, 5.41) is 8.68. The molecule has 0 fully saturated rings. The Hall–Kier alpha value is -2.42. The van der Waals surface area contributed by atoms with E-state index in [0.717, 1.165) is 11.1 Å². The van der Waals surface area contributed by atoms with Gasteiger partial charge in [0.1, 0.15) is 0 Å². The van der Waals surface area contributed by atoms with Crippen LogP contribution in [-0.2, 0) is 31.0 Å². The number of aryl methyl sites for hydroxylation is 1. The first-order valence-corrected chi connectivity index (χ1v) is 11.3. The van der Waals surface area contributed by atoms with E-state index in [1.165, 1.54) is 0 Å². The summed E-state index contributed by atoms with van der Waals surface area (Å²) in [4.78, 5) is 34.5. The number of benzene rings is 1. The van der Waals surface area contributed by atoms with Crippen LogP contribution in [0.25, 0.3) is 0 Å². The maximum Gasteiger partial charge on any atom is 0.305 e. The lowest BCUT2D eigenvalue weighted by Crippen LogP contribution is -2.31. The first-order chi connectivity index (χ1) is 13.5. The summed E-state index contributed by atoms with van der Waals surface area (Å²) < 4.78 is 23.7. The lowest BCUT2D eigenvalue weighted by molar-refractivity contribution is -0.138. The Morgan fingerprint density at radius 2 is 1.62 bits per heavy atom. The predicted molar refractivity (Wildman–Crippen MR) is 112 cm³/mol. The molecular formula is C20H32N2O6S. The van der Waals surface area contributed by atoms with Crippen LogP contribution >= 0.6 is 0 Å². The molecule has 0 bridgehead atoms. The summed E-state index contributed by atoms with van der Waals surface area (Å²) in [7, 11) is -3.34. The van der Waals surface area contributed by atoms with Crippen molar-refractivity contribution in [2.45, 2.75) is 59.9 Å². The van der Waals surface area contributed by atoms with Crippen molar-refractivity contribution in [3.05, 3.63) is 35.4 Å². The lowest BCUT2D eigenvalue weighted by Gasteiger charge is -2.21. The van der Waals surface area contributed by atoms with Crippen molar-refractivity contribution in [1.82, 2.24) is 9.62 Å². The molecule has 0 aliphatic heterocycles. The van der Waals surface area contributed by atoms with Gasteiger partial charge in [0.25, 0.3) is 0 Å². The highest BCUT2D eigenvalue weighted by atomic mass is 32.2. The number of rotatable bonds is 10. The zero-order valence-corrected chi connectivity index (χ0v) is 18.4. The van der Waals surface area contributed by atoms with Gasteiger partial charge in [0.2, 0.25) is 21.8 Å². The molecule has 0 aromatic heterocycles. The summed E-state index contributed by atoms with van der Waals surface area (Å²) in [5.41, 5.74) is 2.19. The highest BCUT2D eigenvalue weighted by molar-refractivity contribution is 7.90. The van der Waals surface area contributed by atoms with Crippen LogP contribution in [-0.4, -0.2) is 48.5 Å². The average molecular weight is 429 g/mol. The monoisotopic (exact) mass is 428 g/mol. The fourth-order valence-electron chi connectivity index (χ4n) is 2.23. The predicted octanol–water partition coefficient (Wildman–Crippen LogP) is 2.46. The van der Waals surface area contributed by atoms with E-state index < -0.39 is 21.9 Å². The second kappa shape index (κ2) is 13.7. The maximum absolute atomic E-state index is 11.7. The number of sulfonamides is 1. The Labute approximate surface area is 173 Å². The van der Waals surface area contributed by atoms with Crippen molar-refractivity contribution in [2.75, 3.05) is 12.3 Å². The Bertz CT molecular complexity index is 760. The third kappa shape index (κ3) is 12.6. The van der Waals surface area contributed by atoms with Gasteiger partial charge in [-0.05, 0) is 18.9 Å². The Morgan fingerprint density at radius 1 is 1.03 bits per heavy atom. The number of hydrogen-bond acceptors (Lipinski definition) is 5. The fraction of sp³-hybridized carbons (Fsp3) is 0.550. The van der Waals surface area contributed by atoms with Crippen LogP contribution in [0.3, 0.4) is 0 Å². The SMILES string of the molecule is CCC(=O)N(CCC(=O)O)Cc1ccc(C)cc1.CCCS(=O)(=O)NC(=O)CC. The molecule has 9 heteroatoms. The van der Waals surface area contributed by atoms with E-state index >= 15 is 0 Å². The van der Waals surface area contributed by atoms with E-state index in [2.05, 4.69) is 0 Å². The molecule has 0 atom stereocenters. The van der Waals surface area contributed by atoms with Gasteiger partial charge in [-0.15, -0.1) is 0 Å². The molecule has 0 unspecified atom stereocenters. The van der Waals surface area contributed by atoms with Gasteiger partial charge >= 0.3 is 5.97 Å². The molecule has 1 aromatic carbocycles. The Kier molecular flexibility index (Phi) is 12.6. The van der Waals surface area contributed by atoms with Crippen LogP contribution in [0.1, 0.15) is 57.6 Å². The fourth-order valence-corrected chi connectivity index (χ4v) is 3.36. The van der Waals surface area contributed by atoms with Crippen LogP contribution in [0.5, 0.6) is 0 Å². The quantitative estimate of drug-likeness (QED) is 0.590. The normalized spacial score (nSPS) is 10.5. The van der Waals surface area contributed by atoms with Gasteiger partial charge in [-0.2, -0.15) is 0 Å². The van der Waals surface area contributed by atoms with Gasteiger partial charge in [-0.1, -0.05) is 50.6 Å². The molecule has 2 amide bonds. The lowest BCUT2D eigenvalue weighted by atomic mass is 10.1. The van der Waals surface area contributed by atoms with Crippen LogP contribution in [0.2, 0.25) is 0 Å². The topological polar surface area (TPSA) is 121 Å². The van der Waals surface area contributed by atoms with E-state index in [9.17, 15) is 22.8 Å². The second-order valence-electron chi connectivity index (χ2n) is 6.50. The van der Waals surface area contributed by atoms with E-state index in [4.69, 9.17) is 5.11 Å². The van der Waals surface area contributed by atoms with E-state index in [-0.39, 0.29) is 31.0 Å². The van der Waals surface area contributed by atoms with Crippen LogP contribution in [0, 0.1) is 6.92 Å². The zero-order chi connectivity index (χ0) is 22.4. The molecule has 1 rings (SSSR count). The van der Waals surface area contributed by atoms with Crippen molar-refractivity contribution < 1.29 is 27.9 Å². The molecule has 0 heterocycles. The number of nitrogens with zero attached hydrogens (tertiary/aromatic N) is 1. The van der Waals surface area contributed by atoms with Crippen LogP contribution < -0.4 is 4.72 Å². The number of amides is 2. The summed E-state index contributed by atoms with van der Waals surface area (Å²) >= 11 is 0. The van der Waals surface area contributed by atoms with Crippen molar-refractivity contribution in [3.8, 4) is 0 Å². The molecule has 0 radical (unpaired) electrons. The van der Waals surface area contributed by atoms with Crippen molar-refractivity contribution in [2.24, 2.45) is 0 Å². The maximum atomic E-state index is 11.7. The number of aliphatic carboxylic acids is 1. The standard InChI is InChI=1S/C14H19NO3.C6H13NO3S/c1-3-13(16)15(9-8-14(17)18)10-12-6-4-11(2)5-7-12;1-3-5-11(9,10)7-6(8)4-2/h4-7H,3,8-10H2,1-2H3,(H,17,18);3-5H2,1-2H3,(H,7,8). The van der Waals surface area contributed by atoms with E-state index in [0.29, 0.717) is 19.4 Å². The average Bonchev–Trinajstić information content (AvgIpc) is 2.65. The Balaban J connectivity index is 0.000000614. The first kappa shape index (κ1) is 26.6. The Morgan fingerprint density at radius 3 is 2.07 bits per heavy atom. The summed E-state index contributed by atoms with van der Waals surface area (Å²) in [6.45, 7) is 7.87. The molecule has 0 saturated carbocycles. The van der Waals surface area contributed by atoms with Gasteiger partial charge in [-0.25, -0.2) is 8.42 Å². The molecule has 2 N–H and O–H groups in total. The molecule has 164 valence electrons. The highest BCUT2D eigenvalue weighted by Gasteiger charge is 2.13. The van der Waals surface area contributed by atoms with Gasteiger partial charge in [0, 0.05) is 25.9 Å². The number of carboxylic acid groups (broad SMARTS) is 1. The number of hydrogen-bond donors (Lipinski definition) is 2. The summed E-state index contributed by atoms with van der Waals surface area (Å²) in [6, 6.07) is 7.90. The minimum atomic E-state index is -3.34. The van der Waals surface area contributed by atoms with Crippen LogP contribution in [0.15, 0.2) is 24.3 Å². The van der Waals surface area contributed by atoms with E-state index in [1.807, 2.05) is 35.9 Å². The van der Waals surface area contributed by atoms with Crippen molar-refractivity contribution in [3.63, 3.8) is 0 Å². The third-order valence-corrected chi connectivity index (χ3v) is 5.29. The summed E-state index contributed by atoms with van der Waals surface area (Å²) in [5.74, 6) is -1.33. The number of carbonyl (C=O) groups excluding carboxylic acids is 2. The van der Waals surface area contributed by atoms with Crippen LogP contribution in [0.4, 0.5) is 0 Å². The van der Waals surface area contributed by atoms with Gasteiger partial charge in [0.15, 0.2) is 0 Å². The molecule has 29 heavy (non-hydrogen) atoms. The molecule has 0 aliphatic carbocycles. The second-order valence-corrected chi connectivity index (χ2v) is 8.34. The van der Waals surface area contributed by atoms with Crippen molar-refractivity contribution >= 4 is 27.8 Å². The minimum Gasteiger partial charge on any atom is -0.481 e. The molecular weight excluding hydrogens is 396 g/mol. The number of carbonyl (C=O) groups is 3. The molecule has 0 saturated heterocycles. The smallest absolute Gasteiger partial charge is 0.305 e. The molecule has 8 nitrogen and oxygen atoms in total. The van der Waals surface area contributed by atoms with Gasteiger partial charge in [0.05, 0.1) is 12.2 Å². The minimum absolute atomic E-state index is 0.0126. The zero-order valence-electron chi connectivity index (χ0n) is 17.6. The third-order valence-electron chi connectivity index (χ3n) is 3.81. The molecule has 1 aromatic rings. The molecule has 0 aliphatic rings. The van der Waals surface area contributed by atoms with Gasteiger partial charge in [-0.3, -0.25) is 19.1 Å². The largest absolute Gasteiger partial charge is 0.481 e. The first-order valence-electron chi connectivity index (χ1n) is 9.63. The number of nitrogens with one attached hydrogen (secondary N) is 1.